The van der Waals surface area contributed by atoms with E-state index >= 15 is 0 Å². The van der Waals surface area contributed by atoms with E-state index in [1.807, 2.05) is 12.1 Å². The molecule has 0 radical (unpaired) electrons. The number of carbonyl (C=O) groups excluding carboxylic acids is 1. The van der Waals surface area contributed by atoms with Crippen LogP contribution in [0.25, 0.3) is 11.4 Å². The highest BCUT2D eigenvalue weighted by Crippen LogP contribution is 2.31. The molecular weight excluding hydrogens is 372 g/mol. The first-order valence-corrected chi connectivity index (χ1v) is 9.78. The van der Waals surface area contributed by atoms with Gasteiger partial charge in [-0.2, -0.15) is 10.1 Å². The molecule has 0 bridgehead atoms. The largest absolute Gasteiger partial charge is 0.379 e. The van der Waals surface area contributed by atoms with E-state index in [0.29, 0.717) is 24.7 Å². The monoisotopic (exact) mass is 394 g/mol. The molecule has 2 aliphatic heterocycles. The van der Waals surface area contributed by atoms with Crippen molar-refractivity contribution in [3.63, 3.8) is 0 Å². The van der Waals surface area contributed by atoms with Crippen molar-refractivity contribution in [2.75, 3.05) is 37.7 Å². The van der Waals surface area contributed by atoms with Gasteiger partial charge in [0.2, 0.25) is 17.6 Å². The van der Waals surface area contributed by atoms with Crippen molar-refractivity contribution in [1.82, 2.24) is 25.2 Å². The molecule has 3 aromatic rings. The highest BCUT2D eigenvalue weighted by atomic mass is 16.5. The van der Waals surface area contributed by atoms with Crippen molar-refractivity contribution >= 4 is 11.6 Å². The van der Waals surface area contributed by atoms with Crippen LogP contribution in [-0.2, 0) is 16.1 Å². The van der Waals surface area contributed by atoms with Gasteiger partial charge in [-0.3, -0.25) is 14.8 Å². The molecule has 1 atom stereocenters. The second-order valence-corrected chi connectivity index (χ2v) is 7.41. The summed E-state index contributed by atoms with van der Waals surface area (Å²) < 4.78 is 10.9. The van der Waals surface area contributed by atoms with E-state index in [4.69, 9.17) is 9.26 Å². The summed E-state index contributed by atoms with van der Waals surface area (Å²) in [6, 6.07) is 8.20. The summed E-state index contributed by atoms with van der Waals surface area (Å²) in [6.07, 6.45) is 3.70. The summed E-state index contributed by atoms with van der Waals surface area (Å²) >= 11 is 0. The molecule has 1 N–H and O–H groups in total. The molecule has 29 heavy (non-hydrogen) atoms. The fourth-order valence-corrected chi connectivity index (χ4v) is 3.86. The Morgan fingerprint density at radius 3 is 2.97 bits per heavy atom. The lowest BCUT2D eigenvalue weighted by molar-refractivity contribution is -0.117. The highest BCUT2D eigenvalue weighted by molar-refractivity contribution is 5.96. The minimum Gasteiger partial charge on any atom is -0.379 e. The Bertz CT molecular complexity index is 980. The highest BCUT2D eigenvalue weighted by Gasteiger charge is 2.35. The molecule has 2 aromatic heterocycles. The Morgan fingerprint density at radius 2 is 2.14 bits per heavy atom. The number of amides is 1. The predicted octanol–water partition coefficient (Wildman–Crippen LogP) is 1.81. The Morgan fingerprint density at radius 1 is 1.24 bits per heavy atom. The number of carbonyl (C=O) groups is 1. The summed E-state index contributed by atoms with van der Waals surface area (Å²) in [6.45, 7) is 4.84. The van der Waals surface area contributed by atoms with Gasteiger partial charge in [0.05, 0.1) is 31.0 Å². The zero-order valence-electron chi connectivity index (χ0n) is 16.0. The molecule has 4 heterocycles. The third-order valence-corrected chi connectivity index (χ3v) is 5.41. The van der Waals surface area contributed by atoms with Crippen LogP contribution in [-0.4, -0.2) is 64.0 Å². The number of aromatic amines is 1. The van der Waals surface area contributed by atoms with Crippen LogP contribution in [0.2, 0.25) is 0 Å². The third kappa shape index (κ3) is 3.79. The van der Waals surface area contributed by atoms with Gasteiger partial charge in [0.25, 0.3) is 0 Å². The molecule has 2 aliphatic rings. The maximum absolute atomic E-state index is 12.3. The van der Waals surface area contributed by atoms with E-state index in [9.17, 15) is 4.79 Å². The summed E-state index contributed by atoms with van der Waals surface area (Å²) in [4.78, 5) is 21.0. The average molecular weight is 394 g/mol. The first-order valence-electron chi connectivity index (χ1n) is 9.78. The number of hydrogen-bond acceptors (Lipinski definition) is 7. The Hall–Kier alpha value is -3.04. The van der Waals surface area contributed by atoms with E-state index in [1.54, 1.807) is 17.3 Å². The Kier molecular flexibility index (Phi) is 4.82. The topological polar surface area (TPSA) is 100 Å². The number of hydrogen-bond donors (Lipinski definition) is 1. The second-order valence-electron chi connectivity index (χ2n) is 7.41. The minimum absolute atomic E-state index is 0.0312. The fraction of sp³-hybridized carbons (Fsp3) is 0.400. The van der Waals surface area contributed by atoms with Crippen molar-refractivity contribution in [3.8, 4) is 11.4 Å². The van der Waals surface area contributed by atoms with Crippen LogP contribution in [0, 0.1) is 0 Å². The molecule has 1 amide bonds. The summed E-state index contributed by atoms with van der Waals surface area (Å²) in [5.74, 6) is 0.967. The number of nitrogens with one attached hydrogen (secondary N) is 1. The Balaban J connectivity index is 1.30. The number of nitrogens with zero attached hydrogens (tertiary/aromatic N) is 5. The number of H-pyrrole nitrogens is 1. The number of aromatic nitrogens is 4. The lowest BCUT2D eigenvalue weighted by Crippen LogP contribution is -2.35. The Labute approximate surface area is 167 Å². The van der Waals surface area contributed by atoms with Crippen molar-refractivity contribution in [1.29, 1.82) is 0 Å². The van der Waals surface area contributed by atoms with Crippen LogP contribution in [0.15, 0.2) is 41.2 Å². The standard InChI is InChI=1S/C20H22N6O3/c27-18-9-16(13-26(18)17-10-21-22-11-17)20-23-19(24-29-20)15-3-1-2-14(8-15)12-25-4-6-28-7-5-25/h1-3,8,10-11,16H,4-7,9,12-13H2,(H,21,22)/t16-/m1/s1. The van der Waals surface area contributed by atoms with Crippen LogP contribution in [0.5, 0.6) is 0 Å². The summed E-state index contributed by atoms with van der Waals surface area (Å²) in [7, 11) is 0. The summed E-state index contributed by atoms with van der Waals surface area (Å²) in [5.41, 5.74) is 2.88. The molecule has 9 nitrogen and oxygen atoms in total. The first kappa shape index (κ1) is 18.0. The minimum atomic E-state index is -0.116. The van der Waals surface area contributed by atoms with Gasteiger partial charge in [-0.1, -0.05) is 23.4 Å². The van der Waals surface area contributed by atoms with Gasteiger partial charge >= 0.3 is 0 Å². The quantitative estimate of drug-likeness (QED) is 0.704. The van der Waals surface area contributed by atoms with Crippen molar-refractivity contribution in [3.05, 3.63) is 48.1 Å². The van der Waals surface area contributed by atoms with Crippen molar-refractivity contribution in [2.24, 2.45) is 0 Å². The number of anilines is 1. The molecule has 0 unspecified atom stereocenters. The zero-order valence-corrected chi connectivity index (χ0v) is 16.0. The number of ether oxygens (including phenoxy) is 1. The van der Waals surface area contributed by atoms with Gasteiger partial charge in [-0.05, 0) is 11.6 Å². The number of benzene rings is 1. The molecule has 2 fully saturated rings. The van der Waals surface area contributed by atoms with Crippen LogP contribution in [0.1, 0.15) is 23.8 Å². The maximum atomic E-state index is 12.3. The van der Waals surface area contributed by atoms with Gasteiger partial charge in [-0.15, -0.1) is 0 Å². The first-order chi connectivity index (χ1) is 14.3. The normalized spacial score (nSPS) is 20.5. The molecule has 150 valence electrons. The fourth-order valence-electron chi connectivity index (χ4n) is 3.86. The zero-order chi connectivity index (χ0) is 19.6. The SMILES string of the molecule is O=C1C[C@@H](c2nc(-c3cccc(CN4CCOCC4)c3)no2)CN1c1cn[nH]c1. The van der Waals surface area contributed by atoms with Gasteiger partial charge < -0.3 is 14.2 Å². The maximum Gasteiger partial charge on any atom is 0.232 e. The van der Waals surface area contributed by atoms with Gasteiger partial charge in [-0.25, -0.2) is 0 Å². The van der Waals surface area contributed by atoms with E-state index in [2.05, 4.69) is 37.4 Å². The van der Waals surface area contributed by atoms with Gasteiger partial charge in [0, 0.05) is 44.4 Å². The molecule has 2 saturated heterocycles. The third-order valence-electron chi connectivity index (χ3n) is 5.41. The molecule has 9 heteroatoms. The second kappa shape index (κ2) is 7.76. The van der Waals surface area contributed by atoms with E-state index in [-0.39, 0.29) is 11.8 Å². The molecule has 5 rings (SSSR count). The van der Waals surface area contributed by atoms with Crippen molar-refractivity contribution < 1.29 is 14.1 Å². The molecule has 1 aromatic carbocycles. The van der Waals surface area contributed by atoms with Crippen LogP contribution in [0.4, 0.5) is 5.69 Å². The number of rotatable bonds is 5. The molecule has 0 spiro atoms. The van der Waals surface area contributed by atoms with Crippen LogP contribution >= 0.6 is 0 Å². The average Bonchev–Trinajstić information content (AvgIpc) is 3.49. The van der Waals surface area contributed by atoms with Gasteiger partial charge in [0.15, 0.2) is 0 Å². The van der Waals surface area contributed by atoms with Crippen LogP contribution in [0.3, 0.4) is 0 Å². The van der Waals surface area contributed by atoms with Crippen LogP contribution < -0.4 is 4.90 Å². The molecule has 0 aliphatic carbocycles. The molecule has 0 saturated carbocycles. The van der Waals surface area contributed by atoms with Crippen molar-refractivity contribution in [2.45, 2.75) is 18.9 Å². The lowest BCUT2D eigenvalue weighted by atomic mass is 10.1. The predicted molar refractivity (Wildman–Crippen MR) is 104 cm³/mol. The van der Waals surface area contributed by atoms with E-state index < -0.39 is 0 Å². The van der Waals surface area contributed by atoms with E-state index in [0.717, 1.165) is 44.1 Å². The van der Waals surface area contributed by atoms with Gasteiger partial charge in [0.1, 0.15) is 0 Å². The molecular formula is C20H22N6O3. The smallest absolute Gasteiger partial charge is 0.232 e. The summed E-state index contributed by atoms with van der Waals surface area (Å²) in [5, 5.41) is 10.8. The lowest BCUT2D eigenvalue weighted by Gasteiger charge is -2.26. The van der Waals surface area contributed by atoms with E-state index in [1.165, 1.54) is 5.56 Å². The number of morpholine rings is 1.